The highest BCUT2D eigenvalue weighted by atomic mass is 32.2. The van der Waals surface area contributed by atoms with Gasteiger partial charge < -0.3 is 9.47 Å². The van der Waals surface area contributed by atoms with E-state index in [2.05, 4.69) is 4.72 Å². The van der Waals surface area contributed by atoms with Crippen molar-refractivity contribution >= 4 is 22.0 Å². The number of nitrogens with one attached hydrogen (secondary N) is 1. The Hall–Kier alpha value is -1.77. The van der Waals surface area contributed by atoms with E-state index < -0.39 is 45.0 Å². The van der Waals surface area contributed by atoms with Crippen molar-refractivity contribution in [1.82, 2.24) is 4.72 Å². The summed E-state index contributed by atoms with van der Waals surface area (Å²) in [6.45, 7) is 3.59. The first kappa shape index (κ1) is 16.7. The molecule has 4 atom stereocenters. The molecule has 0 amide bonds. The van der Waals surface area contributed by atoms with E-state index in [-0.39, 0.29) is 11.4 Å². The Morgan fingerprint density at radius 3 is 2.44 bits per heavy atom. The van der Waals surface area contributed by atoms with Crippen molar-refractivity contribution in [2.75, 3.05) is 6.54 Å². The second kappa shape index (κ2) is 5.12. The van der Waals surface area contributed by atoms with Crippen LogP contribution in [0.15, 0.2) is 29.2 Å². The third-order valence-corrected chi connectivity index (χ3v) is 7.06. The van der Waals surface area contributed by atoms with Gasteiger partial charge in [-0.1, -0.05) is 17.7 Å². The molecule has 0 aromatic heterocycles. The van der Waals surface area contributed by atoms with Crippen LogP contribution in [0.25, 0.3) is 0 Å². The molecule has 2 bridgehead atoms. The number of benzene rings is 1. The Bertz CT molecular complexity index is 864. The van der Waals surface area contributed by atoms with Crippen LogP contribution in [0.4, 0.5) is 0 Å². The molecule has 0 aliphatic carbocycles. The van der Waals surface area contributed by atoms with Crippen molar-refractivity contribution in [3.05, 3.63) is 29.8 Å². The van der Waals surface area contributed by atoms with Gasteiger partial charge in [-0.2, -0.15) is 0 Å². The first-order chi connectivity index (χ1) is 11.7. The third kappa shape index (κ3) is 2.35. The fourth-order valence-electron chi connectivity index (χ4n) is 4.34. The van der Waals surface area contributed by atoms with E-state index >= 15 is 0 Å². The van der Waals surface area contributed by atoms with Crippen molar-refractivity contribution in [2.45, 2.75) is 42.8 Å². The molecule has 1 aromatic rings. The predicted octanol–water partition coefficient (Wildman–Crippen LogP) is 0.911. The lowest BCUT2D eigenvalue weighted by Gasteiger charge is -2.29. The van der Waals surface area contributed by atoms with Gasteiger partial charge in [0.05, 0.1) is 16.1 Å². The number of fused-ring (bicyclic) bond motifs is 5. The largest absolute Gasteiger partial charge is 0.393 e. The van der Waals surface area contributed by atoms with E-state index in [1.165, 1.54) is 12.1 Å². The average molecular weight is 365 g/mol. The highest BCUT2D eigenvalue weighted by Gasteiger charge is 2.73. The topological polar surface area (TPSA) is 98.8 Å². The molecule has 3 heterocycles. The number of aryl methyl sites for hydroxylation is 1. The normalized spacial score (nSPS) is 36.6. The van der Waals surface area contributed by atoms with Gasteiger partial charge >= 0.3 is 11.9 Å². The Kier molecular flexibility index (Phi) is 3.42. The molecular weight excluding hydrogens is 346 g/mol. The minimum atomic E-state index is -3.74. The quantitative estimate of drug-likeness (QED) is 0.629. The van der Waals surface area contributed by atoms with Crippen molar-refractivity contribution in [1.29, 1.82) is 0 Å². The maximum absolute atomic E-state index is 12.5. The van der Waals surface area contributed by atoms with E-state index in [9.17, 15) is 18.0 Å². The van der Waals surface area contributed by atoms with E-state index in [0.717, 1.165) is 5.56 Å². The molecule has 3 aliphatic rings. The first-order valence-corrected chi connectivity index (χ1v) is 9.67. The minimum Gasteiger partial charge on any atom is -0.393 e. The lowest BCUT2D eigenvalue weighted by Crippen LogP contribution is -2.49. The number of hydrogen-bond donors (Lipinski definition) is 1. The average Bonchev–Trinajstić information content (AvgIpc) is 3.14. The molecule has 0 spiro atoms. The second-order valence-corrected chi connectivity index (χ2v) is 9.08. The number of sulfonamides is 1. The smallest absolute Gasteiger partial charge is 0.320 e. The van der Waals surface area contributed by atoms with Crippen LogP contribution in [-0.2, 0) is 29.1 Å². The monoisotopic (exact) mass is 365 g/mol. The summed E-state index contributed by atoms with van der Waals surface area (Å²) in [7, 11) is -3.74. The number of ether oxygens (including phenoxy) is 2. The molecule has 8 heteroatoms. The molecule has 3 fully saturated rings. The van der Waals surface area contributed by atoms with Gasteiger partial charge in [0.15, 0.2) is 0 Å². The van der Waals surface area contributed by atoms with E-state index in [4.69, 9.17) is 9.47 Å². The van der Waals surface area contributed by atoms with Crippen LogP contribution < -0.4 is 4.72 Å². The number of esters is 2. The van der Waals surface area contributed by atoms with E-state index in [1.807, 2.05) is 6.92 Å². The zero-order valence-electron chi connectivity index (χ0n) is 13.9. The van der Waals surface area contributed by atoms with Crippen molar-refractivity contribution in [3.63, 3.8) is 0 Å². The second-order valence-electron chi connectivity index (χ2n) is 7.31. The molecule has 1 aromatic carbocycles. The molecule has 3 aliphatic heterocycles. The zero-order valence-corrected chi connectivity index (χ0v) is 14.8. The lowest BCUT2D eigenvalue weighted by atomic mass is 9.68. The maximum atomic E-state index is 12.5. The van der Waals surface area contributed by atoms with Crippen LogP contribution >= 0.6 is 0 Å². The van der Waals surface area contributed by atoms with Gasteiger partial charge in [0, 0.05) is 6.54 Å². The van der Waals surface area contributed by atoms with Crippen LogP contribution in [0.5, 0.6) is 0 Å². The highest BCUT2D eigenvalue weighted by molar-refractivity contribution is 7.89. The third-order valence-electron chi connectivity index (χ3n) is 5.64. The summed E-state index contributed by atoms with van der Waals surface area (Å²) in [6, 6.07) is 6.49. The molecule has 0 radical (unpaired) electrons. The number of carbonyl (C=O) groups is 2. The van der Waals surface area contributed by atoms with Gasteiger partial charge in [-0.3, -0.25) is 9.59 Å². The van der Waals surface area contributed by atoms with E-state index in [0.29, 0.717) is 12.8 Å². The number of carbonyl (C=O) groups excluding carboxylic acids is 2. The molecule has 3 saturated heterocycles. The van der Waals surface area contributed by atoms with Gasteiger partial charge in [-0.15, -0.1) is 0 Å². The summed E-state index contributed by atoms with van der Waals surface area (Å²) in [4.78, 5) is 24.3. The molecule has 25 heavy (non-hydrogen) atoms. The van der Waals surface area contributed by atoms with Crippen LogP contribution in [0.1, 0.15) is 25.3 Å². The summed E-state index contributed by atoms with van der Waals surface area (Å²) in [5.74, 6) is -2.59. The summed E-state index contributed by atoms with van der Waals surface area (Å²) in [6.07, 6.45) is 1.09. The molecular formula is C17H19NO6S. The fraction of sp³-hybridized carbons (Fsp3) is 0.529. The van der Waals surface area contributed by atoms with Crippen molar-refractivity contribution in [3.8, 4) is 0 Å². The fourth-order valence-corrected chi connectivity index (χ4v) is 5.43. The SMILES string of the molecule is Cc1ccc(S(=O)(=O)NC[C@]23CC[C@](C)(O2)[C@@H]2C(=O)OC(=O)[C@H]23)cc1. The number of cyclic esters (lactones) is 2. The highest BCUT2D eigenvalue weighted by Crippen LogP contribution is 2.60. The maximum Gasteiger partial charge on any atom is 0.320 e. The van der Waals surface area contributed by atoms with Crippen LogP contribution in [0.3, 0.4) is 0 Å². The molecule has 134 valence electrons. The molecule has 7 nitrogen and oxygen atoms in total. The molecule has 1 N–H and O–H groups in total. The summed E-state index contributed by atoms with van der Waals surface area (Å²) in [5.41, 5.74) is -0.845. The van der Waals surface area contributed by atoms with Crippen LogP contribution in [0.2, 0.25) is 0 Å². The van der Waals surface area contributed by atoms with E-state index in [1.54, 1.807) is 19.1 Å². The van der Waals surface area contributed by atoms with Crippen LogP contribution in [-0.4, -0.2) is 38.1 Å². The number of rotatable bonds is 4. The predicted molar refractivity (Wildman–Crippen MR) is 85.9 cm³/mol. The van der Waals surface area contributed by atoms with Gasteiger partial charge in [-0.25, -0.2) is 13.1 Å². The molecule has 0 saturated carbocycles. The summed E-state index contributed by atoms with van der Waals surface area (Å²) < 4.78 is 38.5. The molecule has 0 unspecified atom stereocenters. The number of hydrogen-bond acceptors (Lipinski definition) is 6. The Balaban J connectivity index is 1.59. The van der Waals surface area contributed by atoms with Crippen molar-refractivity contribution < 1.29 is 27.5 Å². The van der Waals surface area contributed by atoms with Gasteiger partial charge in [-0.05, 0) is 38.8 Å². The lowest BCUT2D eigenvalue weighted by molar-refractivity contribution is -0.161. The molecule has 4 rings (SSSR count). The Labute approximate surface area is 145 Å². The van der Waals surface area contributed by atoms with Crippen LogP contribution in [0, 0.1) is 18.8 Å². The zero-order chi connectivity index (χ0) is 18.0. The first-order valence-electron chi connectivity index (χ1n) is 8.19. The van der Waals surface area contributed by atoms with Gasteiger partial charge in [0.25, 0.3) is 0 Å². The van der Waals surface area contributed by atoms with Gasteiger partial charge in [0.2, 0.25) is 10.0 Å². The standard InChI is InChI=1S/C17H19NO6S/c1-10-3-5-11(6-4-10)25(21,22)18-9-17-8-7-16(2,24-17)12-13(17)15(20)23-14(12)19/h3-6,12-13,18H,7-9H2,1-2H3/t12-,13-,16-,17-/m0/s1. The van der Waals surface area contributed by atoms with Gasteiger partial charge in [0.1, 0.15) is 11.8 Å². The summed E-state index contributed by atoms with van der Waals surface area (Å²) in [5, 5.41) is 0. The van der Waals surface area contributed by atoms with Crippen molar-refractivity contribution in [2.24, 2.45) is 11.8 Å². The Morgan fingerprint density at radius 1 is 1.12 bits per heavy atom. The summed E-state index contributed by atoms with van der Waals surface area (Å²) >= 11 is 0. The Morgan fingerprint density at radius 2 is 1.76 bits per heavy atom. The minimum absolute atomic E-state index is 0.0671.